The lowest BCUT2D eigenvalue weighted by atomic mass is 9.95. The fraction of sp³-hybridized carbons (Fsp3) is 0.421. The third-order valence-electron chi connectivity index (χ3n) is 4.45. The van der Waals surface area contributed by atoms with Gasteiger partial charge in [0.2, 0.25) is 0 Å². The first-order chi connectivity index (χ1) is 13.2. The Morgan fingerprint density at radius 1 is 1.32 bits per heavy atom. The quantitative estimate of drug-likeness (QED) is 0.624. The molecule has 1 aliphatic rings. The van der Waals surface area contributed by atoms with Crippen molar-refractivity contribution in [2.45, 2.75) is 51.6 Å². The number of aromatic carboxylic acids is 1. The predicted octanol–water partition coefficient (Wildman–Crippen LogP) is 6.08. The first-order valence-corrected chi connectivity index (χ1v) is 9.76. The Kier molecular flexibility index (Phi) is 5.74. The number of carboxylic acid groups (broad SMARTS) is 1. The molecule has 0 saturated carbocycles. The van der Waals surface area contributed by atoms with Crippen molar-refractivity contribution in [3.05, 3.63) is 40.0 Å². The molecule has 0 spiro atoms. The fourth-order valence-electron chi connectivity index (χ4n) is 3.03. The lowest BCUT2D eigenvalue weighted by molar-refractivity contribution is -0.137. The van der Waals surface area contributed by atoms with Crippen LogP contribution in [0.4, 0.5) is 24.1 Å². The van der Waals surface area contributed by atoms with Crippen LogP contribution < -0.4 is 5.32 Å². The number of carbonyl (C=O) groups is 1. The van der Waals surface area contributed by atoms with Crippen molar-refractivity contribution in [2.75, 3.05) is 5.32 Å². The van der Waals surface area contributed by atoms with Crippen molar-refractivity contribution in [1.82, 2.24) is 9.97 Å². The van der Waals surface area contributed by atoms with E-state index in [1.165, 1.54) is 16.9 Å². The van der Waals surface area contributed by atoms with Gasteiger partial charge >= 0.3 is 12.1 Å². The van der Waals surface area contributed by atoms with Crippen LogP contribution in [0, 0.1) is 0 Å². The molecule has 0 bridgehead atoms. The Bertz CT molecular complexity index is 920. The lowest BCUT2D eigenvalue weighted by Crippen LogP contribution is -2.11. The molecule has 150 valence electrons. The molecule has 0 aliphatic heterocycles. The first-order valence-electron chi connectivity index (χ1n) is 8.94. The van der Waals surface area contributed by atoms with Crippen molar-refractivity contribution < 1.29 is 23.1 Å². The van der Waals surface area contributed by atoms with Gasteiger partial charge in [-0.2, -0.15) is 13.2 Å². The number of nitrogens with one attached hydrogen (secondary N) is 1. The minimum Gasteiger partial charge on any atom is -0.478 e. The molecular formula is C19H20F3N3O2S. The highest BCUT2D eigenvalue weighted by Gasteiger charge is 2.33. The molecule has 2 heterocycles. The Morgan fingerprint density at radius 3 is 2.64 bits per heavy atom. The summed E-state index contributed by atoms with van der Waals surface area (Å²) < 4.78 is 38.6. The molecule has 2 N–H and O–H groups in total. The van der Waals surface area contributed by atoms with Gasteiger partial charge in [-0.05, 0) is 43.2 Å². The van der Waals surface area contributed by atoms with Crippen LogP contribution in [0.25, 0.3) is 5.57 Å². The van der Waals surface area contributed by atoms with Crippen molar-refractivity contribution in [3.8, 4) is 0 Å². The molecule has 2 aromatic rings. The van der Waals surface area contributed by atoms with Gasteiger partial charge in [-0.25, -0.2) is 14.8 Å². The molecule has 1 aliphatic carbocycles. The van der Waals surface area contributed by atoms with Crippen molar-refractivity contribution >= 4 is 33.8 Å². The molecular weight excluding hydrogens is 391 g/mol. The van der Waals surface area contributed by atoms with Crippen LogP contribution in [0.15, 0.2) is 18.3 Å². The molecule has 0 saturated heterocycles. The number of pyridine rings is 1. The van der Waals surface area contributed by atoms with Crippen molar-refractivity contribution in [2.24, 2.45) is 0 Å². The number of carboxylic acids is 1. The van der Waals surface area contributed by atoms with E-state index in [-0.39, 0.29) is 11.7 Å². The average molecular weight is 411 g/mol. The van der Waals surface area contributed by atoms with Crippen molar-refractivity contribution in [3.63, 3.8) is 0 Å². The SMILES string of the molecule is CC(C)c1nc(Nc2ncc(C(F)(F)F)cc2C(=O)O)sc1C1=CCCCC1. The summed E-state index contributed by atoms with van der Waals surface area (Å²) in [6.07, 6.45) is 2.39. The van der Waals surface area contributed by atoms with Crippen LogP contribution in [0.2, 0.25) is 0 Å². The van der Waals surface area contributed by atoms with E-state index in [1.807, 2.05) is 13.8 Å². The van der Waals surface area contributed by atoms with Crippen LogP contribution in [0.3, 0.4) is 0 Å². The van der Waals surface area contributed by atoms with E-state index in [4.69, 9.17) is 0 Å². The molecule has 0 amide bonds. The molecule has 3 rings (SSSR count). The molecule has 0 atom stereocenters. The highest BCUT2D eigenvalue weighted by Crippen LogP contribution is 2.39. The number of rotatable bonds is 5. The minimum atomic E-state index is -4.66. The molecule has 9 heteroatoms. The van der Waals surface area contributed by atoms with Crippen LogP contribution in [-0.4, -0.2) is 21.0 Å². The number of hydrogen-bond donors (Lipinski definition) is 2. The van der Waals surface area contributed by atoms with E-state index in [2.05, 4.69) is 21.4 Å². The summed E-state index contributed by atoms with van der Waals surface area (Å²) in [5.74, 6) is -1.49. The zero-order valence-electron chi connectivity index (χ0n) is 15.4. The summed E-state index contributed by atoms with van der Waals surface area (Å²) in [5, 5.41) is 12.5. The smallest absolute Gasteiger partial charge is 0.417 e. The van der Waals surface area contributed by atoms with Crippen LogP contribution in [-0.2, 0) is 6.18 Å². The van der Waals surface area contributed by atoms with Gasteiger partial charge in [0, 0.05) is 6.20 Å². The summed E-state index contributed by atoms with van der Waals surface area (Å²) in [6, 6.07) is 0.583. The molecule has 5 nitrogen and oxygen atoms in total. The van der Waals surface area contributed by atoms with Gasteiger partial charge in [0.05, 0.1) is 16.1 Å². The van der Waals surface area contributed by atoms with E-state index in [1.54, 1.807) is 0 Å². The Morgan fingerprint density at radius 2 is 2.07 bits per heavy atom. The summed E-state index contributed by atoms with van der Waals surface area (Å²) in [5.41, 5.74) is 0.462. The first kappa shape index (κ1) is 20.3. The molecule has 0 aromatic carbocycles. The Balaban J connectivity index is 1.98. The molecule has 0 fully saturated rings. The van der Waals surface area contributed by atoms with Gasteiger partial charge in [0.15, 0.2) is 5.13 Å². The van der Waals surface area contributed by atoms with Gasteiger partial charge in [-0.1, -0.05) is 31.3 Å². The number of hydrogen-bond acceptors (Lipinski definition) is 5. The van der Waals surface area contributed by atoms with Gasteiger partial charge in [-0.15, -0.1) is 0 Å². The second-order valence-electron chi connectivity index (χ2n) is 6.91. The summed E-state index contributed by atoms with van der Waals surface area (Å²) in [7, 11) is 0. The maximum atomic E-state index is 12.9. The highest BCUT2D eigenvalue weighted by molar-refractivity contribution is 7.16. The number of halogens is 3. The highest BCUT2D eigenvalue weighted by atomic mass is 32.1. The maximum Gasteiger partial charge on any atom is 0.417 e. The lowest BCUT2D eigenvalue weighted by Gasteiger charge is -2.13. The summed E-state index contributed by atoms with van der Waals surface area (Å²) in [6.45, 7) is 4.04. The normalized spacial score (nSPS) is 14.9. The van der Waals surface area contributed by atoms with E-state index < -0.39 is 23.3 Å². The van der Waals surface area contributed by atoms with E-state index in [0.29, 0.717) is 17.4 Å². The number of allylic oxidation sites excluding steroid dienone is 2. The maximum absolute atomic E-state index is 12.9. The number of anilines is 2. The summed E-state index contributed by atoms with van der Waals surface area (Å²) in [4.78, 5) is 20.7. The number of aromatic nitrogens is 2. The van der Waals surface area contributed by atoms with Gasteiger partial charge in [0.25, 0.3) is 0 Å². The minimum absolute atomic E-state index is 0.157. The predicted molar refractivity (Wildman–Crippen MR) is 102 cm³/mol. The van der Waals surface area contributed by atoms with Crippen LogP contribution in [0.1, 0.15) is 71.9 Å². The number of alkyl halides is 3. The van der Waals surface area contributed by atoms with E-state index in [0.717, 1.165) is 36.3 Å². The second kappa shape index (κ2) is 7.90. The Labute approximate surface area is 164 Å². The van der Waals surface area contributed by atoms with Gasteiger partial charge in [0.1, 0.15) is 11.4 Å². The fourth-order valence-corrected chi connectivity index (χ4v) is 4.22. The van der Waals surface area contributed by atoms with Crippen LogP contribution >= 0.6 is 11.3 Å². The largest absolute Gasteiger partial charge is 0.478 e. The van der Waals surface area contributed by atoms with Gasteiger partial charge < -0.3 is 10.4 Å². The van der Waals surface area contributed by atoms with E-state index in [9.17, 15) is 23.1 Å². The molecule has 2 aromatic heterocycles. The third-order valence-corrected chi connectivity index (χ3v) is 5.52. The molecule has 28 heavy (non-hydrogen) atoms. The third kappa shape index (κ3) is 4.35. The molecule has 0 unspecified atom stereocenters. The Hall–Kier alpha value is -2.42. The van der Waals surface area contributed by atoms with Crippen LogP contribution in [0.5, 0.6) is 0 Å². The molecule has 0 radical (unpaired) electrons. The topological polar surface area (TPSA) is 75.1 Å². The van der Waals surface area contributed by atoms with Gasteiger partial charge in [-0.3, -0.25) is 0 Å². The van der Waals surface area contributed by atoms with E-state index >= 15 is 0 Å². The number of thiazole rings is 1. The zero-order chi connectivity index (χ0) is 20.5. The monoisotopic (exact) mass is 411 g/mol. The standard InChI is InChI=1S/C19H20F3N3O2S/c1-10(2)14-15(11-6-4-3-5-7-11)28-18(24-14)25-16-13(17(26)27)8-12(9-23-16)19(20,21)22/h6,8-10H,3-5,7H2,1-2H3,(H,26,27)(H,23,24,25). The zero-order valence-corrected chi connectivity index (χ0v) is 16.2. The van der Waals surface area contributed by atoms with Crippen molar-refractivity contribution in [1.29, 1.82) is 0 Å². The average Bonchev–Trinajstić information content (AvgIpc) is 3.06. The summed E-state index contributed by atoms with van der Waals surface area (Å²) >= 11 is 1.37. The second-order valence-corrected chi connectivity index (χ2v) is 7.91. The number of nitrogens with zero attached hydrogens (tertiary/aromatic N) is 2.